The number of unbranched alkanes of at least 4 members (excludes halogenated alkanes) is 2. The van der Waals surface area contributed by atoms with E-state index in [9.17, 15) is 20.1 Å². The van der Waals surface area contributed by atoms with Crippen LogP contribution in [0, 0.1) is 0 Å². The number of carboxylic acids is 1. The van der Waals surface area contributed by atoms with Crippen molar-refractivity contribution in [3.8, 4) is 0 Å². The van der Waals surface area contributed by atoms with Gasteiger partial charge in [-0.05, 0) is 19.3 Å². The van der Waals surface area contributed by atoms with Gasteiger partial charge >= 0.3 is 5.97 Å². The van der Waals surface area contributed by atoms with Crippen LogP contribution in [0.4, 0.5) is 0 Å². The van der Waals surface area contributed by atoms with Crippen molar-refractivity contribution in [3.05, 3.63) is 48.6 Å². The molecular weight excluding hydrogens is 320 g/mol. The molecule has 0 aromatic rings. The summed E-state index contributed by atoms with van der Waals surface area (Å²) in [5.41, 5.74) is 0. The normalized spacial score (nSPS) is 16.3. The van der Waals surface area contributed by atoms with Crippen LogP contribution in [0.15, 0.2) is 48.6 Å². The van der Waals surface area contributed by atoms with E-state index in [2.05, 4.69) is 6.92 Å². The van der Waals surface area contributed by atoms with E-state index in [0.717, 1.165) is 19.3 Å². The van der Waals surface area contributed by atoms with Crippen LogP contribution in [0.3, 0.4) is 0 Å². The lowest BCUT2D eigenvalue weighted by Crippen LogP contribution is -2.23. The summed E-state index contributed by atoms with van der Waals surface area (Å²) >= 11 is 0. The Hall–Kier alpha value is -1.69. The third-order valence-electron chi connectivity index (χ3n) is 3.59. The third kappa shape index (κ3) is 15.6. The zero-order valence-corrected chi connectivity index (χ0v) is 15.0. The summed E-state index contributed by atoms with van der Waals surface area (Å²) in [4.78, 5) is 10.4. The summed E-state index contributed by atoms with van der Waals surface area (Å²) in [6, 6.07) is 0. The van der Waals surface area contributed by atoms with Crippen LogP contribution in [0.5, 0.6) is 0 Å². The summed E-state index contributed by atoms with van der Waals surface area (Å²) in [7, 11) is 0. The van der Waals surface area contributed by atoms with Gasteiger partial charge in [-0.1, -0.05) is 74.8 Å². The third-order valence-corrected chi connectivity index (χ3v) is 3.59. The summed E-state index contributed by atoms with van der Waals surface area (Å²) in [6.07, 6.45) is 16.0. The molecule has 0 aliphatic carbocycles. The standard InChI is InChI=1S/C20H32O5/c1-2-3-8-14-18(22)19(23)15-10-7-5-4-6-9-12-17(21)13-11-16-20(24)25/h4-7,9-10,12,15,17-19,21-23H,2-3,8,11,13-14,16H2,1H3,(H,24,25)/b6-4-,7-5+,12-9+,15-10+/t17-,18?,19?/m0/s1. The van der Waals surface area contributed by atoms with Crippen molar-refractivity contribution in [2.75, 3.05) is 0 Å². The molecule has 4 N–H and O–H groups in total. The Morgan fingerprint density at radius 1 is 0.840 bits per heavy atom. The van der Waals surface area contributed by atoms with Crippen LogP contribution < -0.4 is 0 Å². The van der Waals surface area contributed by atoms with Gasteiger partial charge in [-0.3, -0.25) is 4.79 Å². The van der Waals surface area contributed by atoms with Crippen molar-refractivity contribution in [2.24, 2.45) is 0 Å². The Labute approximate surface area is 150 Å². The molecule has 2 unspecified atom stereocenters. The molecule has 0 spiro atoms. The van der Waals surface area contributed by atoms with Gasteiger partial charge in [0.2, 0.25) is 0 Å². The number of rotatable bonds is 14. The molecule has 5 nitrogen and oxygen atoms in total. The van der Waals surface area contributed by atoms with Gasteiger partial charge in [0.1, 0.15) is 0 Å². The fourth-order valence-corrected chi connectivity index (χ4v) is 2.09. The number of carboxylic acid groups (broad SMARTS) is 1. The maximum atomic E-state index is 10.4. The molecule has 25 heavy (non-hydrogen) atoms. The van der Waals surface area contributed by atoms with E-state index in [1.165, 1.54) is 0 Å². The highest BCUT2D eigenvalue weighted by Gasteiger charge is 2.11. The lowest BCUT2D eigenvalue weighted by molar-refractivity contribution is -0.137. The van der Waals surface area contributed by atoms with E-state index in [-0.39, 0.29) is 6.42 Å². The smallest absolute Gasteiger partial charge is 0.303 e. The number of carbonyl (C=O) groups is 1. The molecule has 0 aromatic carbocycles. The molecule has 0 aliphatic heterocycles. The molecule has 0 aliphatic rings. The first-order valence-electron chi connectivity index (χ1n) is 8.91. The maximum absolute atomic E-state index is 10.4. The quantitative estimate of drug-likeness (QED) is 0.284. The van der Waals surface area contributed by atoms with E-state index in [1.54, 1.807) is 48.6 Å². The molecule has 0 amide bonds. The van der Waals surface area contributed by atoms with Crippen molar-refractivity contribution in [1.29, 1.82) is 0 Å². The second kappa shape index (κ2) is 15.8. The summed E-state index contributed by atoms with van der Waals surface area (Å²) in [5.74, 6) is -0.854. The lowest BCUT2D eigenvalue weighted by atomic mass is 10.1. The highest BCUT2D eigenvalue weighted by molar-refractivity contribution is 5.66. The topological polar surface area (TPSA) is 98.0 Å². The Bertz CT molecular complexity index is 451. The molecule has 0 heterocycles. The second-order valence-corrected chi connectivity index (χ2v) is 5.95. The average molecular weight is 352 g/mol. The molecule has 0 aromatic heterocycles. The molecule has 0 fully saturated rings. The van der Waals surface area contributed by atoms with E-state index in [4.69, 9.17) is 5.11 Å². The summed E-state index contributed by atoms with van der Waals surface area (Å²) < 4.78 is 0. The van der Waals surface area contributed by atoms with Gasteiger partial charge in [0.15, 0.2) is 0 Å². The minimum Gasteiger partial charge on any atom is -0.481 e. The molecule has 3 atom stereocenters. The molecule has 0 bridgehead atoms. The molecule has 0 saturated heterocycles. The fraction of sp³-hybridized carbons (Fsp3) is 0.550. The van der Waals surface area contributed by atoms with Crippen LogP contribution >= 0.6 is 0 Å². The van der Waals surface area contributed by atoms with E-state index < -0.39 is 24.3 Å². The zero-order chi connectivity index (χ0) is 18.9. The first-order valence-corrected chi connectivity index (χ1v) is 8.91. The Morgan fingerprint density at radius 3 is 2.04 bits per heavy atom. The Morgan fingerprint density at radius 2 is 1.44 bits per heavy atom. The summed E-state index contributed by atoms with van der Waals surface area (Å²) in [6.45, 7) is 2.09. The minimum absolute atomic E-state index is 0.0644. The van der Waals surface area contributed by atoms with Crippen LogP contribution in [-0.4, -0.2) is 44.7 Å². The first kappa shape index (κ1) is 23.3. The number of hydrogen-bond acceptors (Lipinski definition) is 4. The Kier molecular flexibility index (Phi) is 14.7. The molecule has 0 radical (unpaired) electrons. The van der Waals surface area contributed by atoms with E-state index in [0.29, 0.717) is 19.3 Å². The van der Waals surface area contributed by atoms with Gasteiger partial charge in [0.05, 0.1) is 18.3 Å². The highest BCUT2D eigenvalue weighted by Crippen LogP contribution is 2.07. The van der Waals surface area contributed by atoms with Crippen LogP contribution in [0.2, 0.25) is 0 Å². The Balaban J connectivity index is 3.96. The van der Waals surface area contributed by atoms with Gasteiger partial charge < -0.3 is 20.4 Å². The monoisotopic (exact) mass is 352 g/mol. The van der Waals surface area contributed by atoms with Crippen molar-refractivity contribution in [3.63, 3.8) is 0 Å². The molecular formula is C20H32O5. The number of aliphatic carboxylic acids is 1. The predicted octanol–water partition coefficient (Wildman–Crippen LogP) is 3.13. The van der Waals surface area contributed by atoms with Crippen LogP contribution in [0.25, 0.3) is 0 Å². The zero-order valence-electron chi connectivity index (χ0n) is 15.0. The number of aliphatic hydroxyl groups is 3. The van der Waals surface area contributed by atoms with Gasteiger partial charge in [-0.25, -0.2) is 0 Å². The highest BCUT2D eigenvalue weighted by atomic mass is 16.4. The van der Waals surface area contributed by atoms with Crippen molar-refractivity contribution in [2.45, 2.75) is 70.2 Å². The molecule has 142 valence electrons. The van der Waals surface area contributed by atoms with Crippen LogP contribution in [0.1, 0.15) is 51.9 Å². The van der Waals surface area contributed by atoms with Gasteiger partial charge in [0, 0.05) is 6.42 Å². The molecule has 0 rings (SSSR count). The van der Waals surface area contributed by atoms with Crippen molar-refractivity contribution in [1.82, 2.24) is 0 Å². The minimum atomic E-state index is -0.855. The van der Waals surface area contributed by atoms with Gasteiger partial charge in [-0.15, -0.1) is 0 Å². The maximum Gasteiger partial charge on any atom is 0.303 e. The molecule has 5 heteroatoms. The predicted molar refractivity (Wildman–Crippen MR) is 100 cm³/mol. The number of hydrogen-bond donors (Lipinski definition) is 4. The van der Waals surface area contributed by atoms with Gasteiger partial charge in [0.25, 0.3) is 0 Å². The van der Waals surface area contributed by atoms with E-state index in [1.807, 2.05) is 0 Å². The number of allylic oxidation sites excluding steroid dienone is 6. The molecule has 0 saturated carbocycles. The average Bonchev–Trinajstić information content (AvgIpc) is 2.56. The van der Waals surface area contributed by atoms with Gasteiger partial charge in [-0.2, -0.15) is 0 Å². The number of aliphatic hydroxyl groups excluding tert-OH is 3. The SMILES string of the molecule is CCCCCC(O)C(O)/C=C/C=C/C=C\C=C\[C@H](O)CCCC(=O)O. The first-order chi connectivity index (χ1) is 12.0. The fourth-order valence-electron chi connectivity index (χ4n) is 2.09. The van der Waals surface area contributed by atoms with Crippen LogP contribution in [-0.2, 0) is 4.79 Å². The van der Waals surface area contributed by atoms with Crippen molar-refractivity contribution < 1.29 is 25.2 Å². The lowest BCUT2D eigenvalue weighted by Gasteiger charge is -2.13. The van der Waals surface area contributed by atoms with Crippen molar-refractivity contribution >= 4 is 5.97 Å². The largest absolute Gasteiger partial charge is 0.481 e. The summed E-state index contributed by atoms with van der Waals surface area (Å²) in [5, 5.41) is 37.6. The second-order valence-electron chi connectivity index (χ2n) is 5.95. The van der Waals surface area contributed by atoms with E-state index >= 15 is 0 Å².